The van der Waals surface area contributed by atoms with Crippen molar-refractivity contribution in [3.8, 4) is 0 Å². The minimum Gasteiger partial charge on any atom is -0.444 e. The van der Waals surface area contributed by atoms with Gasteiger partial charge in [0.2, 0.25) is 0 Å². The lowest BCUT2D eigenvalue weighted by Gasteiger charge is -2.38. The maximum Gasteiger partial charge on any atom is 0.410 e. The third kappa shape index (κ3) is 5.67. The molecule has 1 atom stereocenters. The molecule has 1 aliphatic rings. The van der Waals surface area contributed by atoms with Crippen LogP contribution in [0.15, 0.2) is 0 Å². The summed E-state index contributed by atoms with van der Waals surface area (Å²) in [4.78, 5) is 16.4. The molecule has 0 aromatic rings. The molecule has 1 saturated heterocycles. The number of piperidine rings is 1. The molecule has 1 heterocycles. The van der Waals surface area contributed by atoms with Gasteiger partial charge >= 0.3 is 6.09 Å². The van der Waals surface area contributed by atoms with E-state index in [0.717, 1.165) is 26.1 Å². The third-order valence-corrected chi connectivity index (χ3v) is 3.63. The fourth-order valence-corrected chi connectivity index (χ4v) is 2.64. The molecular weight excluding hydrogens is 254 g/mol. The number of carbonyl (C=O) groups excluding carboxylic acids is 1. The lowest BCUT2D eigenvalue weighted by atomic mass is 10.0. The van der Waals surface area contributed by atoms with Crippen LogP contribution in [-0.2, 0) is 4.74 Å². The zero-order valence-electron chi connectivity index (χ0n) is 13.5. The van der Waals surface area contributed by atoms with Gasteiger partial charge < -0.3 is 15.4 Å². The topological polar surface area (TPSA) is 58.8 Å². The number of ether oxygens (including phenoxy) is 1. The molecule has 5 heteroatoms. The number of nitrogens with two attached hydrogens (primary N) is 1. The van der Waals surface area contributed by atoms with Gasteiger partial charge in [0.15, 0.2) is 0 Å². The zero-order chi connectivity index (χ0) is 15.2. The Hall–Kier alpha value is -0.810. The smallest absolute Gasteiger partial charge is 0.410 e. The van der Waals surface area contributed by atoms with Crippen molar-refractivity contribution in [2.45, 2.75) is 58.6 Å². The van der Waals surface area contributed by atoms with Crippen molar-refractivity contribution in [1.82, 2.24) is 9.80 Å². The van der Waals surface area contributed by atoms with Crippen molar-refractivity contribution in [1.29, 1.82) is 0 Å². The Morgan fingerprint density at radius 2 is 2.10 bits per heavy atom. The molecule has 0 aromatic heterocycles. The van der Waals surface area contributed by atoms with Crippen LogP contribution in [0.25, 0.3) is 0 Å². The third-order valence-electron chi connectivity index (χ3n) is 3.63. The molecule has 0 saturated carbocycles. The van der Waals surface area contributed by atoms with Crippen LogP contribution >= 0.6 is 0 Å². The van der Waals surface area contributed by atoms with E-state index >= 15 is 0 Å². The summed E-state index contributed by atoms with van der Waals surface area (Å²) in [5.41, 5.74) is 5.24. The highest BCUT2D eigenvalue weighted by Crippen LogP contribution is 2.18. The minimum absolute atomic E-state index is 0.210. The Kier molecular flexibility index (Phi) is 6.76. The predicted molar refractivity (Wildman–Crippen MR) is 81.7 cm³/mol. The minimum atomic E-state index is -0.436. The fourth-order valence-electron chi connectivity index (χ4n) is 2.64. The molecule has 0 aromatic carbocycles. The summed E-state index contributed by atoms with van der Waals surface area (Å²) in [6, 6.07) is 0.416. The summed E-state index contributed by atoms with van der Waals surface area (Å²) in [7, 11) is 0. The largest absolute Gasteiger partial charge is 0.444 e. The molecule has 2 N–H and O–H groups in total. The van der Waals surface area contributed by atoms with Gasteiger partial charge in [0.05, 0.1) is 0 Å². The van der Waals surface area contributed by atoms with Gasteiger partial charge in [-0.1, -0.05) is 6.42 Å². The number of amides is 1. The molecular formula is C15H31N3O2. The number of rotatable bonds is 5. The van der Waals surface area contributed by atoms with Crippen molar-refractivity contribution >= 4 is 6.09 Å². The molecule has 0 unspecified atom stereocenters. The number of likely N-dealkylation sites (N-methyl/N-ethyl adjacent to an activating group) is 1. The Balaban J connectivity index is 2.59. The maximum atomic E-state index is 12.2. The van der Waals surface area contributed by atoms with E-state index in [1.807, 2.05) is 32.6 Å². The standard InChI is InChI=1S/C15H31N3O2/c1-5-17(14(19)20-15(2,3)4)12-13-8-6-7-10-18(13)11-9-16/h13H,5-12,16H2,1-4H3/t13-/m0/s1. The number of likely N-dealkylation sites (tertiary alicyclic amines) is 1. The van der Waals surface area contributed by atoms with Crippen LogP contribution < -0.4 is 5.73 Å². The first-order chi connectivity index (χ1) is 9.37. The normalized spacial score (nSPS) is 20.8. The average molecular weight is 285 g/mol. The Morgan fingerprint density at radius 3 is 2.65 bits per heavy atom. The van der Waals surface area contributed by atoms with Crippen LogP contribution in [0, 0.1) is 0 Å². The van der Waals surface area contributed by atoms with Gasteiger partial charge in [0.25, 0.3) is 0 Å². The molecule has 0 radical (unpaired) electrons. The highest BCUT2D eigenvalue weighted by atomic mass is 16.6. The van der Waals surface area contributed by atoms with Gasteiger partial charge in [-0.2, -0.15) is 0 Å². The molecule has 1 amide bonds. The van der Waals surface area contributed by atoms with Crippen LogP contribution in [-0.4, -0.2) is 60.3 Å². The predicted octanol–water partition coefficient (Wildman–Crippen LogP) is 2.06. The fraction of sp³-hybridized carbons (Fsp3) is 0.933. The van der Waals surface area contributed by atoms with E-state index in [4.69, 9.17) is 10.5 Å². The number of nitrogens with zero attached hydrogens (tertiary/aromatic N) is 2. The summed E-state index contributed by atoms with van der Waals surface area (Å²) < 4.78 is 5.47. The van der Waals surface area contributed by atoms with Crippen molar-refractivity contribution < 1.29 is 9.53 Å². The SMILES string of the molecule is CCN(C[C@@H]1CCCCN1CCN)C(=O)OC(C)(C)C. The first kappa shape index (κ1) is 17.2. The quantitative estimate of drug-likeness (QED) is 0.840. The van der Waals surface area contributed by atoms with E-state index in [-0.39, 0.29) is 6.09 Å². The van der Waals surface area contributed by atoms with Crippen LogP contribution in [0.3, 0.4) is 0 Å². The van der Waals surface area contributed by atoms with Gasteiger partial charge in [0, 0.05) is 32.2 Å². The van der Waals surface area contributed by atoms with Crippen molar-refractivity contribution in [2.75, 3.05) is 32.7 Å². The summed E-state index contributed by atoms with van der Waals surface area (Å²) in [5, 5.41) is 0. The second-order valence-electron chi connectivity index (χ2n) is 6.49. The molecule has 0 spiro atoms. The van der Waals surface area contributed by atoms with Crippen molar-refractivity contribution in [3.05, 3.63) is 0 Å². The summed E-state index contributed by atoms with van der Waals surface area (Å²) in [6.07, 6.45) is 3.39. The van der Waals surface area contributed by atoms with Gasteiger partial charge in [0.1, 0.15) is 5.60 Å². The average Bonchev–Trinajstić information content (AvgIpc) is 2.35. The van der Waals surface area contributed by atoms with Gasteiger partial charge in [-0.3, -0.25) is 4.90 Å². The van der Waals surface area contributed by atoms with E-state index in [2.05, 4.69) is 4.90 Å². The lowest BCUT2D eigenvalue weighted by molar-refractivity contribution is 0.0173. The number of hydrogen-bond acceptors (Lipinski definition) is 4. The zero-order valence-corrected chi connectivity index (χ0v) is 13.5. The van der Waals surface area contributed by atoms with Gasteiger partial charge in [-0.25, -0.2) is 4.79 Å². The Morgan fingerprint density at radius 1 is 1.40 bits per heavy atom. The van der Waals surface area contributed by atoms with E-state index in [9.17, 15) is 4.79 Å². The highest BCUT2D eigenvalue weighted by Gasteiger charge is 2.27. The molecule has 20 heavy (non-hydrogen) atoms. The van der Waals surface area contributed by atoms with E-state index < -0.39 is 5.60 Å². The number of carbonyl (C=O) groups is 1. The molecule has 118 valence electrons. The summed E-state index contributed by atoms with van der Waals surface area (Å²) in [6.45, 7) is 11.8. The van der Waals surface area contributed by atoms with E-state index in [1.54, 1.807) is 0 Å². The van der Waals surface area contributed by atoms with Crippen LogP contribution in [0.2, 0.25) is 0 Å². The van der Waals surface area contributed by atoms with Crippen molar-refractivity contribution in [2.24, 2.45) is 5.73 Å². The summed E-state index contributed by atoms with van der Waals surface area (Å²) in [5.74, 6) is 0. The monoisotopic (exact) mass is 285 g/mol. The first-order valence-corrected chi connectivity index (χ1v) is 7.79. The van der Waals surface area contributed by atoms with Gasteiger partial charge in [-0.05, 0) is 47.1 Å². The first-order valence-electron chi connectivity index (χ1n) is 7.79. The van der Waals surface area contributed by atoms with E-state index in [0.29, 0.717) is 19.1 Å². The van der Waals surface area contributed by atoms with Crippen molar-refractivity contribution in [3.63, 3.8) is 0 Å². The highest BCUT2D eigenvalue weighted by molar-refractivity contribution is 5.68. The molecule has 1 aliphatic heterocycles. The molecule has 1 fully saturated rings. The lowest BCUT2D eigenvalue weighted by Crippen LogP contribution is -2.50. The maximum absolute atomic E-state index is 12.2. The Labute approximate surface area is 123 Å². The second-order valence-corrected chi connectivity index (χ2v) is 6.49. The van der Waals surface area contributed by atoms with Crippen LogP contribution in [0.4, 0.5) is 4.79 Å². The Bertz CT molecular complexity index is 300. The molecule has 0 aliphatic carbocycles. The molecule has 0 bridgehead atoms. The van der Waals surface area contributed by atoms with Crippen LogP contribution in [0.5, 0.6) is 0 Å². The summed E-state index contributed by atoms with van der Waals surface area (Å²) >= 11 is 0. The van der Waals surface area contributed by atoms with Crippen LogP contribution in [0.1, 0.15) is 47.0 Å². The molecule has 1 rings (SSSR count). The van der Waals surface area contributed by atoms with Gasteiger partial charge in [-0.15, -0.1) is 0 Å². The number of hydrogen-bond donors (Lipinski definition) is 1. The molecule has 5 nitrogen and oxygen atoms in total. The van der Waals surface area contributed by atoms with E-state index in [1.165, 1.54) is 12.8 Å². The second kappa shape index (κ2) is 7.84.